The van der Waals surface area contributed by atoms with Crippen LogP contribution in [-0.4, -0.2) is 6.54 Å². The Bertz CT molecular complexity index is 538. The van der Waals surface area contributed by atoms with E-state index in [9.17, 15) is 0 Å². The topological polar surface area (TPSA) is 12.0 Å². The molecule has 3 heteroatoms. The molecule has 2 aromatic rings. The van der Waals surface area contributed by atoms with Gasteiger partial charge in [0.1, 0.15) is 0 Å². The van der Waals surface area contributed by atoms with Crippen molar-refractivity contribution in [3.63, 3.8) is 0 Å². The van der Waals surface area contributed by atoms with Crippen molar-refractivity contribution in [2.75, 3.05) is 11.9 Å². The number of aryl methyl sites for hydroxylation is 1. The summed E-state index contributed by atoms with van der Waals surface area (Å²) in [6, 6.07) is 14.0. The molecule has 1 N–H and O–H groups in total. The zero-order chi connectivity index (χ0) is 13.0. The zero-order valence-corrected chi connectivity index (χ0v) is 11.7. The first kappa shape index (κ1) is 13.3. The third kappa shape index (κ3) is 3.18. The zero-order valence-electron chi connectivity index (χ0n) is 10.2. The molecule has 2 rings (SSSR count). The van der Waals surface area contributed by atoms with Gasteiger partial charge in [0.05, 0.1) is 15.7 Å². The van der Waals surface area contributed by atoms with Gasteiger partial charge in [0.25, 0.3) is 0 Å². The molecule has 0 atom stereocenters. The van der Waals surface area contributed by atoms with E-state index in [1.807, 2.05) is 12.1 Å². The number of hydrogen-bond donors (Lipinski definition) is 1. The van der Waals surface area contributed by atoms with Crippen LogP contribution < -0.4 is 5.32 Å². The molecule has 0 aliphatic rings. The third-order valence-corrected chi connectivity index (χ3v) is 3.74. The van der Waals surface area contributed by atoms with E-state index >= 15 is 0 Å². The van der Waals surface area contributed by atoms with Crippen LogP contribution in [0.15, 0.2) is 42.5 Å². The first-order valence-corrected chi connectivity index (χ1v) is 6.66. The lowest BCUT2D eigenvalue weighted by atomic mass is 10.1. The standard InChI is InChI=1S/C15H15Cl2N/c1-11-5-2-3-6-12(11)9-10-18-14-8-4-7-13(16)15(14)17/h2-8,18H,9-10H2,1H3. The van der Waals surface area contributed by atoms with E-state index in [4.69, 9.17) is 23.2 Å². The molecule has 0 saturated heterocycles. The lowest BCUT2D eigenvalue weighted by Gasteiger charge is -2.10. The number of halogens is 2. The van der Waals surface area contributed by atoms with Crippen molar-refractivity contribution in [1.82, 2.24) is 0 Å². The largest absolute Gasteiger partial charge is 0.383 e. The normalized spacial score (nSPS) is 10.4. The fourth-order valence-electron chi connectivity index (χ4n) is 1.86. The number of anilines is 1. The summed E-state index contributed by atoms with van der Waals surface area (Å²) in [5.41, 5.74) is 3.55. The third-order valence-electron chi connectivity index (χ3n) is 2.92. The maximum absolute atomic E-state index is 6.11. The van der Waals surface area contributed by atoms with Crippen LogP contribution in [0.3, 0.4) is 0 Å². The highest BCUT2D eigenvalue weighted by Crippen LogP contribution is 2.29. The lowest BCUT2D eigenvalue weighted by Crippen LogP contribution is -2.06. The second-order valence-corrected chi connectivity index (χ2v) is 4.99. The molecule has 18 heavy (non-hydrogen) atoms. The van der Waals surface area contributed by atoms with Crippen LogP contribution >= 0.6 is 23.2 Å². The van der Waals surface area contributed by atoms with Crippen LogP contribution in [-0.2, 0) is 6.42 Å². The van der Waals surface area contributed by atoms with E-state index in [0.717, 1.165) is 18.7 Å². The number of hydrogen-bond acceptors (Lipinski definition) is 1. The van der Waals surface area contributed by atoms with Gasteiger partial charge in [-0.05, 0) is 36.6 Å². The van der Waals surface area contributed by atoms with Gasteiger partial charge < -0.3 is 5.32 Å². The molecule has 0 unspecified atom stereocenters. The fourth-order valence-corrected chi connectivity index (χ4v) is 2.23. The Labute approximate surface area is 118 Å². The van der Waals surface area contributed by atoms with Gasteiger partial charge >= 0.3 is 0 Å². The number of rotatable bonds is 4. The minimum absolute atomic E-state index is 0.581. The minimum Gasteiger partial charge on any atom is -0.383 e. The van der Waals surface area contributed by atoms with E-state index in [2.05, 4.69) is 36.5 Å². The second kappa shape index (κ2) is 6.12. The van der Waals surface area contributed by atoms with Crippen molar-refractivity contribution < 1.29 is 0 Å². The molecule has 0 heterocycles. The van der Waals surface area contributed by atoms with Gasteiger partial charge in [0.15, 0.2) is 0 Å². The molecule has 94 valence electrons. The quantitative estimate of drug-likeness (QED) is 0.835. The van der Waals surface area contributed by atoms with Gasteiger partial charge in [-0.15, -0.1) is 0 Å². The molecule has 0 amide bonds. The maximum atomic E-state index is 6.11. The van der Waals surface area contributed by atoms with Crippen LogP contribution in [0.1, 0.15) is 11.1 Å². The second-order valence-electron chi connectivity index (χ2n) is 4.20. The highest BCUT2D eigenvalue weighted by atomic mass is 35.5. The van der Waals surface area contributed by atoms with E-state index < -0.39 is 0 Å². The molecule has 0 saturated carbocycles. The molecule has 1 nitrogen and oxygen atoms in total. The Morgan fingerprint density at radius 1 is 1.00 bits per heavy atom. The summed E-state index contributed by atoms with van der Waals surface area (Å²) in [4.78, 5) is 0. The average molecular weight is 280 g/mol. The molecular formula is C15H15Cl2N. The van der Waals surface area contributed by atoms with Crippen LogP contribution in [0.25, 0.3) is 0 Å². The van der Waals surface area contributed by atoms with E-state index in [0.29, 0.717) is 10.0 Å². The van der Waals surface area contributed by atoms with Crippen LogP contribution in [0, 0.1) is 6.92 Å². The molecule has 0 aliphatic heterocycles. The van der Waals surface area contributed by atoms with Gasteiger partial charge in [-0.1, -0.05) is 53.5 Å². The Balaban J connectivity index is 1.97. The van der Waals surface area contributed by atoms with Crippen molar-refractivity contribution >= 4 is 28.9 Å². The van der Waals surface area contributed by atoms with E-state index in [1.54, 1.807) is 6.07 Å². The molecule has 0 spiro atoms. The minimum atomic E-state index is 0.581. The Kier molecular flexibility index (Phi) is 4.51. The smallest absolute Gasteiger partial charge is 0.0823 e. The maximum Gasteiger partial charge on any atom is 0.0823 e. The van der Waals surface area contributed by atoms with Crippen molar-refractivity contribution in [1.29, 1.82) is 0 Å². The number of benzene rings is 2. The van der Waals surface area contributed by atoms with Crippen molar-refractivity contribution in [3.05, 3.63) is 63.6 Å². The van der Waals surface area contributed by atoms with Gasteiger partial charge in [0, 0.05) is 6.54 Å². The van der Waals surface area contributed by atoms with Crippen molar-refractivity contribution in [2.45, 2.75) is 13.3 Å². The fraction of sp³-hybridized carbons (Fsp3) is 0.200. The Morgan fingerprint density at radius 3 is 2.56 bits per heavy atom. The highest BCUT2D eigenvalue weighted by molar-refractivity contribution is 6.43. The summed E-state index contributed by atoms with van der Waals surface area (Å²) in [5, 5.41) is 4.48. The van der Waals surface area contributed by atoms with E-state index in [1.165, 1.54) is 11.1 Å². The molecular weight excluding hydrogens is 265 g/mol. The average Bonchev–Trinajstić information content (AvgIpc) is 2.37. The SMILES string of the molecule is Cc1ccccc1CCNc1cccc(Cl)c1Cl. The molecule has 2 aromatic carbocycles. The first-order chi connectivity index (χ1) is 8.68. The van der Waals surface area contributed by atoms with Gasteiger partial charge in [-0.25, -0.2) is 0 Å². The molecule has 0 aliphatic carbocycles. The first-order valence-electron chi connectivity index (χ1n) is 5.91. The number of nitrogens with one attached hydrogen (secondary N) is 1. The lowest BCUT2D eigenvalue weighted by molar-refractivity contribution is 1.01. The summed E-state index contributed by atoms with van der Waals surface area (Å²) in [6.07, 6.45) is 0.968. The van der Waals surface area contributed by atoms with Crippen molar-refractivity contribution in [2.24, 2.45) is 0 Å². The van der Waals surface area contributed by atoms with Gasteiger partial charge in [0.2, 0.25) is 0 Å². The van der Waals surface area contributed by atoms with Crippen LogP contribution in [0.2, 0.25) is 10.0 Å². The van der Waals surface area contributed by atoms with Gasteiger partial charge in [-0.2, -0.15) is 0 Å². The predicted octanol–water partition coefficient (Wildman–Crippen LogP) is 4.96. The monoisotopic (exact) mass is 279 g/mol. The summed E-state index contributed by atoms with van der Waals surface area (Å²) in [5.74, 6) is 0. The summed E-state index contributed by atoms with van der Waals surface area (Å²) in [7, 11) is 0. The Hall–Kier alpha value is -1.18. The predicted molar refractivity (Wildman–Crippen MR) is 79.8 cm³/mol. The van der Waals surface area contributed by atoms with Gasteiger partial charge in [-0.3, -0.25) is 0 Å². The Morgan fingerprint density at radius 2 is 1.78 bits per heavy atom. The molecule has 0 bridgehead atoms. The molecule has 0 aromatic heterocycles. The van der Waals surface area contributed by atoms with Crippen molar-refractivity contribution in [3.8, 4) is 0 Å². The summed E-state index contributed by atoms with van der Waals surface area (Å²) in [6.45, 7) is 2.96. The van der Waals surface area contributed by atoms with E-state index in [-0.39, 0.29) is 0 Å². The summed E-state index contributed by atoms with van der Waals surface area (Å²) < 4.78 is 0. The highest BCUT2D eigenvalue weighted by Gasteiger charge is 2.03. The molecule has 0 radical (unpaired) electrons. The summed E-state index contributed by atoms with van der Waals surface area (Å²) >= 11 is 12.1. The molecule has 0 fully saturated rings. The van der Waals surface area contributed by atoms with Crippen LogP contribution in [0.4, 0.5) is 5.69 Å². The van der Waals surface area contributed by atoms with Crippen LogP contribution in [0.5, 0.6) is 0 Å².